The van der Waals surface area contributed by atoms with Gasteiger partial charge in [-0.2, -0.15) is 0 Å². The highest BCUT2D eigenvalue weighted by Gasteiger charge is 2.22. The van der Waals surface area contributed by atoms with Gasteiger partial charge in [0.1, 0.15) is 6.61 Å². The zero-order chi connectivity index (χ0) is 10.4. The molecule has 1 rings (SSSR count). The van der Waals surface area contributed by atoms with Crippen molar-refractivity contribution in [3.8, 4) is 0 Å². The van der Waals surface area contributed by atoms with Gasteiger partial charge < -0.3 is 9.84 Å². The van der Waals surface area contributed by atoms with Crippen molar-refractivity contribution < 1.29 is 14.6 Å². The number of hydrogen-bond donors (Lipinski definition) is 1. The molecule has 0 amide bonds. The molecule has 1 aliphatic heterocycles. The summed E-state index contributed by atoms with van der Waals surface area (Å²) in [5.74, 6) is -0.387. The van der Waals surface area contributed by atoms with Crippen LogP contribution < -0.4 is 0 Å². The normalized spacial score (nSPS) is 17.4. The number of cyclic esters (lactones) is 1. The first-order chi connectivity index (χ1) is 6.79. The van der Waals surface area contributed by atoms with Gasteiger partial charge in [0, 0.05) is 0 Å². The molecule has 0 aromatic heterocycles. The van der Waals surface area contributed by atoms with E-state index in [-0.39, 0.29) is 12.6 Å². The van der Waals surface area contributed by atoms with Crippen molar-refractivity contribution >= 4 is 5.97 Å². The van der Waals surface area contributed by atoms with Crippen molar-refractivity contribution in [2.24, 2.45) is 0 Å². The summed E-state index contributed by atoms with van der Waals surface area (Å²) in [4.78, 5) is 11.0. The Bertz CT molecular complexity index is 298. The van der Waals surface area contributed by atoms with Crippen LogP contribution in [0.25, 0.3) is 0 Å². The molecule has 0 spiro atoms. The minimum absolute atomic E-state index is 0.231. The van der Waals surface area contributed by atoms with Gasteiger partial charge in [0.15, 0.2) is 0 Å². The number of carbonyl (C=O) groups excluding carboxylic acids is 1. The first kappa shape index (κ1) is 10.7. The number of rotatable bonds is 4. The van der Waals surface area contributed by atoms with Gasteiger partial charge in [-0.05, 0) is 18.9 Å². The molecule has 3 heteroatoms. The second-order valence-corrected chi connectivity index (χ2v) is 2.97. The fourth-order valence-electron chi connectivity index (χ4n) is 1.23. The highest BCUT2D eigenvalue weighted by molar-refractivity contribution is 5.92. The maximum atomic E-state index is 11.0. The Hall–Kier alpha value is -1.35. The summed E-state index contributed by atoms with van der Waals surface area (Å²) >= 11 is 0. The van der Waals surface area contributed by atoms with Crippen LogP contribution in [0.1, 0.15) is 13.3 Å². The topological polar surface area (TPSA) is 46.5 Å². The molecule has 1 heterocycles. The summed E-state index contributed by atoms with van der Waals surface area (Å²) in [5, 5.41) is 8.91. The summed E-state index contributed by atoms with van der Waals surface area (Å²) in [6.45, 7) is 2.02. The van der Waals surface area contributed by atoms with Gasteiger partial charge in [-0.3, -0.25) is 0 Å². The third kappa shape index (κ3) is 2.57. The predicted octanol–water partition coefficient (Wildman–Crippen LogP) is 1.35. The van der Waals surface area contributed by atoms with E-state index in [0.717, 1.165) is 5.57 Å². The van der Waals surface area contributed by atoms with E-state index in [4.69, 9.17) is 9.84 Å². The molecule has 14 heavy (non-hydrogen) atoms. The van der Waals surface area contributed by atoms with Gasteiger partial charge in [0.2, 0.25) is 0 Å². The number of carbonyl (C=O) groups is 1. The highest BCUT2D eigenvalue weighted by atomic mass is 16.5. The van der Waals surface area contributed by atoms with Crippen LogP contribution in [-0.2, 0) is 9.53 Å². The van der Waals surface area contributed by atoms with Gasteiger partial charge in [-0.1, -0.05) is 24.3 Å². The van der Waals surface area contributed by atoms with E-state index in [1.807, 2.05) is 31.2 Å². The van der Waals surface area contributed by atoms with Crippen LogP contribution in [0.3, 0.4) is 0 Å². The number of aliphatic hydroxyl groups is 1. The molecular weight excluding hydrogens is 180 g/mol. The minimum Gasteiger partial charge on any atom is -0.458 e. The lowest BCUT2D eigenvalue weighted by Gasteiger charge is -1.95. The fourth-order valence-corrected chi connectivity index (χ4v) is 1.23. The number of aliphatic hydroxyl groups excluding tert-OH is 1. The summed E-state index contributed by atoms with van der Waals surface area (Å²) in [5.41, 5.74) is 1.29. The van der Waals surface area contributed by atoms with Gasteiger partial charge in [0.25, 0.3) is 0 Å². The van der Waals surface area contributed by atoms with Crippen molar-refractivity contribution in [2.75, 3.05) is 13.2 Å². The summed E-state index contributed by atoms with van der Waals surface area (Å²) in [6.07, 6.45) is 8.34. The van der Waals surface area contributed by atoms with Crippen molar-refractivity contribution in [1.29, 1.82) is 0 Å². The van der Waals surface area contributed by atoms with Crippen molar-refractivity contribution in [2.45, 2.75) is 13.3 Å². The largest absolute Gasteiger partial charge is 0.458 e. The SMILES string of the molecule is CC=CC=CCC1=C(CO)C(=O)OC1. The fraction of sp³-hybridized carbons (Fsp3) is 0.364. The zero-order valence-electron chi connectivity index (χ0n) is 8.19. The lowest BCUT2D eigenvalue weighted by molar-refractivity contribution is -0.136. The van der Waals surface area contributed by atoms with Crippen LogP contribution in [0.4, 0.5) is 0 Å². The maximum Gasteiger partial charge on any atom is 0.336 e. The van der Waals surface area contributed by atoms with E-state index in [2.05, 4.69) is 0 Å². The highest BCUT2D eigenvalue weighted by Crippen LogP contribution is 2.18. The molecule has 0 aromatic carbocycles. The summed E-state index contributed by atoms with van der Waals surface area (Å²) in [7, 11) is 0. The number of allylic oxidation sites excluding steroid dienone is 4. The third-order valence-electron chi connectivity index (χ3n) is 2.01. The Balaban J connectivity index is 2.59. The van der Waals surface area contributed by atoms with Crippen LogP contribution in [0.15, 0.2) is 35.5 Å². The van der Waals surface area contributed by atoms with E-state index in [0.29, 0.717) is 18.6 Å². The number of esters is 1. The van der Waals surface area contributed by atoms with E-state index in [1.54, 1.807) is 0 Å². The van der Waals surface area contributed by atoms with E-state index in [1.165, 1.54) is 0 Å². The molecule has 0 radical (unpaired) electrons. The van der Waals surface area contributed by atoms with Gasteiger partial charge in [-0.25, -0.2) is 4.79 Å². The second kappa shape index (κ2) is 5.40. The molecule has 0 saturated heterocycles. The third-order valence-corrected chi connectivity index (χ3v) is 2.01. The molecule has 0 atom stereocenters. The molecule has 0 bridgehead atoms. The smallest absolute Gasteiger partial charge is 0.336 e. The lowest BCUT2D eigenvalue weighted by Crippen LogP contribution is -2.02. The van der Waals surface area contributed by atoms with Gasteiger partial charge in [0.05, 0.1) is 12.2 Å². The second-order valence-electron chi connectivity index (χ2n) is 2.97. The van der Waals surface area contributed by atoms with Crippen LogP contribution in [0.2, 0.25) is 0 Å². The number of ether oxygens (including phenoxy) is 1. The Morgan fingerprint density at radius 1 is 1.50 bits per heavy atom. The molecule has 76 valence electrons. The zero-order valence-corrected chi connectivity index (χ0v) is 8.19. The first-order valence-electron chi connectivity index (χ1n) is 4.56. The average molecular weight is 194 g/mol. The summed E-state index contributed by atoms with van der Waals surface area (Å²) < 4.78 is 4.80. The minimum atomic E-state index is -0.387. The number of hydrogen-bond acceptors (Lipinski definition) is 3. The first-order valence-corrected chi connectivity index (χ1v) is 4.56. The molecule has 0 unspecified atom stereocenters. The Labute approximate surface area is 83.4 Å². The Kier molecular flexibility index (Phi) is 4.13. The van der Waals surface area contributed by atoms with Crippen molar-refractivity contribution in [3.05, 3.63) is 35.5 Å². The van der Waals surface area contributed by atoms with E-state index >= 15 is 0 Å². The van der Waals surface area contributed by atoms with E-state index in [9.17, 15) is 4.79 Å². The van der Waals surface area contributed by atoms with E-state index < -0.39 is 0 Å². The van der Waals surface area contributed by atoms with Crippen LogP contribution >= 0.6 is 0 Å². The molecule has 0 aromatic rings. The van der Waals surface area contributed by atoms with Crippen LogP contribution in [-0.4, -0.2) is 24.3 Å². The monoisotopic (exact) mass is 194 g/mol. The molecule has 0 aliphatic carbocycles. The Morgan fingerprint density at radius 3 is 2.93 bits per heavy atom. The molecular formula is C11H14O3. The standard InChI is InChI=1S/C11H14O3/c1-2-3-4-5-6-9-8-14-11(13)10(9)7-12/h2-5,12H,6-8H2,1H3. The van der Waals surface area contributed by atoms with Crippen LogP contribution in [0.5, 0.6) is 0 Å². The van der Waals surface area contributed by atoms with Crippen LogP contribution in [0, 0.1) is 0 Å². The van der Waals surface area contributed by atoms with Gasteiger partial charge >= 0.3 is 5.97 Å². The van der Waals surface area contributed by atoms with Crippen molar-refractivity contribution in [1.82, 2.24) is 0 Å². The lowest BCUT2D eigenvalue weighted by atomic mass is 10.1. The predicted molar refractivity (Wildman–Crippen MR) is 53.6 cm³/mol. The van der Waals surface area contributed by atoms with Gasteiger partial charge in [-0.15, -0.1) is 0 Å². The quantitative estimate of drug-likeness (QED) is 0.543. The molecule has 1 N–H and O–H groups in total. The van der Waals surface area contributed by atoms with Crippen molar-refractivity contribution in [3.63, 3.8) is 0 Å². The molecule has 0 fully saturated rings. The molecule has 0 saturated carbocycles. The maximum absolute atomic E-state index is 11.0. The molecule has 1 aliphatic rings. The Morgan fingerprint density at radius 2 is 2.29 bits per heavy atom. The summed E-state index contributed by atoms with van der Waals surface area (Å²) in [6, 6.07) is 0. The molecule has 3 nitrogen and oxygen atoms in total. The average Bonchev–Trinajstić information content (AvgIpc) is 2.54.